The summed E-state index contributed by atoms with van der Waals surface area (Å²) in [7, 11) is 0. The van der Waals surface area contributed by atoms with Crippen LogP contribution in [0.3, 0.4) is 0 Å². The van der Waals surface area contributed by atoms with Crippen LogP contribution in [0.5, 0.6) is 5.75 Å². The fourth-order valence-corrected chi connectivity index (χ4v) is 2.62. The molecule has 3 rings (SSSR count). The number of para-hydroxylation sites is 1. The summed E-state index contributed by atoms with van der Waals surface area (Å²) >= 11 is 3.58. The van der Waals surface area contributed by atoms with E-state index in [0.29, 0.717) is 6.61 Å². The lowest BCUT2D eigenvalue weighted by Gasteiger charge is -2.05. The molecule has 0 bridgehead atoms. The molecule has 0 aliphatic rings. The van der Waals surface area contributed by atoms with Crippen molar-refractivity contribution in [1.82, 2.24) is 4.98 Å². The maximum atomic E-state index is 5.77. The molecule has 0 radical (unpaired) electrons. The summed E-state index contributed by atoms with van der Waals surface area (Å²) in [5.41, 5.74) is 2.28. The van der Waals surface area contributed by atoms with E-state index < -0.39 is 0 Å². The van der Waals surface area contributed by atoms with Gasteiger partial charge in [-0.05, 0) is 24.3 Å². The molecular formula is C15H12BrNO. The van der Waals surface area contributed by atoms with Crippen LogP contribution < -0.4 is 4.74 Å². The summed E-state index contributed by atoms with van der Waals surface area (Å²) in [5.74, 6) is 0.888. The van der Waals surface area contributed by atoms with E-state index in [9.17, 15) is 0 Å². The molecule has 2 nitrogen and oxygen atoms in total. The molecule has 0 spiro atoms. The van der Waals surface area contributed by atoms with Crippen LogP contribution in [0.25, 0.3) is 10.9 Å². The lowest BCUT2D eigenvalue weighted by molar-refractivity contribution is 0.307. The van der Waals surface area contributed by atoms with Crippen LogP contribution in [0.2, 0.25) is 0 Å². The van der Waals surface area contributed by atoms with Gasteiger partial charge in [-0.15, -0.1) is 0 Å². The molecule has 18 heavy (non-hydrogen) atoms. The zero-order valence-electron chi connectivity index (χ0n) is 9.69. The lowest BCUT2D eigenvalue weighted by atomic mass is 10.2. The predicted octanol–water partition coefficient (Wildman–Crippen LogP) is 4.51. The smallest absolute Gasteiger partial charge is 0.119 e. The van der Waals surface area contributed by atoms with Crippen LogP contribution in [0.15, 0.2) is 59.2 Å². The first kappa shape index (κ1) is 11.4. The van der Waals surface area contributed by atoms with Crippen molar-refractivity contribution in [2.45, 2.75) is 6.61 Å². The summed E-state index contributed by atoms with van der Waals surface area (Å²) in [6.07, 6.45) is 2.00. The first-order chi connectivity index (χ1) is 8.84. The molecule has 0 fully saturated rings. The van der Waals surface area contributed by atoms with E-state index in [1.807, 2.05) is 48.7 Å². The minimum absolute atomic E-state index is 0.562. The normalized spacial score (nSPS) is 10.7. The van der Waals surface area contributed by atoms with E-state index in [1.165, 1.54) is 5.39 Å². The Balaban J connectivity index is 1.87. The Hall–Kier alpha value is -1.74. The molecule has 1 heterocycles. The largest absolute Gasteiger partial charge is 0.489 e. The third-order valence-corrected chi connectivity index (χ3v) is 3.54. The molecule has 0 unspecified atom stereocenters. The molecular weight excluding hydrogens is 290 g/mol. The number of nitrogens with one attached hydrogen (secondary N) is 1. The Labute approximate surface area is 114 Å². The Morgan fingerprint density at radius 2 is 1.83 bits per heavy atom. The average Bonchev–Trinajstić information content (AvgIpc) is 2.82. The summed E-state index contributed by atoms with van der Waals surface area (Å²) < 4.78 is 6.86. The second-order valence-corrected chi connectivity index (χ2v) is 4.93. The highest BCUT2D eigenvalue weighted by Crippen LogP contribution is 2.27. The number of halogens is 1. The number of H-pyrrole nitrogens is 1. The van der Waals surface area contributed by atoms with Crippen molar-refractivity contribution in [2.75, 3.05) is 0 Å². The molecule has 0 saturated carbocycles. The van der Waals surface area contributed by atoms with Crippen molar-refractivity contribution in [3.8, 4) is 5.75 Å². The number of aromatic nitrogens is 1. The number of hydrogen-bond acceptors (Lipinski definition) is 1. The number of fused-ring (bicyclic) bond motifs is 1. The van der Waals surface area contributed by atoms with E-state index in [2.05, 4.69) is 27.0 Å². The van der Waals surface area contributed by atoms with Gasteiger partial charge in [0.2, 0.25) is 0 Å². The Morgan fingerprint density at radius 1 is 1.00 bits per heavy atom. The van der Waals surface area contributed by atoms with Gasteiger partial charge in [0.15, 0.2) is 0 Å². The minimum atomic E-state index is 0.562. The molecule has 90 valence electrons. The van der Waals surface area contributed by atoms with Crippen LogP contribution in [-0.4, -0.2) is 4.98 Å². The van der Waals surface area contributed by atoms with Gasteiger partial charge in [0.1, 0.15) is 12.4 Å². The summed E-state index contributed by atoms with van der Waals surface area (Å²) in [6.45, 7) is 0.562. The number of aromatic amines is 1. The van der Waals surface area contributed by atoms with Crippen molar-refractivity contribution >= 4 is 26.8 Å². The van der Waals surface area contributed by atoms with Gasteiger partial charge in [-0.3, -0.25) is 0 Å². The third kappa shape index (κ3) is 2.14. The van der Waals surface area contributed by atoms with Crippen LogP contribution >= 0.6 is 15.9 Å². The fourth-order valence-electron chi connectivity index (χ4n) is 2.00. The van der Waals surface area contributed by atoms with E-state index in [-0.39, 0.29) is 0 Å². The van der Waals surface area contributed by atoms with Gasteiger partial charge in [-0.1, -0.05) is 40.2 Å². The number of ether oxygens (including phenoxy) is 1. The molecule has 0 atom stereocenters. The monoisotopic (exact) mass is 301 g/mol. The summed E-state index contributed by atoms with van der Waals surface area (Å²) in [4.78, 5) is 3.26. The van der Waals surface area contributed by atoms with Gasteiger partial charge < -0.3 is 9.72 Å². The number of benzene rings is 2. The topological polar surface area (TPSA) is 25.0 Å². The fraction of sp³-hybridized carbons (Fsp3) is 0.0667. The quantitative estimate of drug-likeness (QED) is 0.756. The number of hydrogen-bond donors (Lipinski definition) is 1. The molecule has 0 aliphatic carbocycles. The van der Waals surface area contributed by atoms with E-state index in [0.717, 1.165) is 21.3 Å². The van der Waals surface area contributed by atoms with E-state index in [4.69, 9.17) is 4.74 Å². The third-order valence-electron chi connectivity index (χ3n) is 2.87. The first-order valence-corrected chi connectivity index (χ1v) is 6.56. The summed E-state index contributed by atoms with van der Waals surface area (Å²) in [6, 6.07) is 16.0. The number of rotatable bonds is 3. The van der Waals surface area contributed by atoms with Crippen molar-refractivity contribution in [3.63, 3.8) is 0 Å². The maximum absolute atomic E-state index is 5.77. The van der Waals surface area contributed by atoms with Crippen LogP contribution in [0.1, 0.15) is 5.56 Å². The van der Waals surface area contributed by atoms with Crippen LogP contribution in [-0.2, 0) is 6.61 Å². The Morgan fingerprint density at radius 3 is 2.67 bits per heavy atom. The van der Waals surface area contributed by atoms with Crippen molar-refractivity contribution in [2.24, 2.45) is 0 Å². The standard InChI is InChI=1S/C15H12BrNO/c16-13-7-4-8-14-15(13)11(9-17-14)10-18-12-5-2-1-3-6-12/h1-9,17H,10H2. The maximum Gasteiger partial charge on any atom is 0.119 e. The highest BCUT2D eigenvalue weighted by atomic mass is 79.9. The highest BCUT2D eigenvalue weighted by Gasteiger charge is 2.07. The predicted molar refractivity (Wildman–Crippen MR) is 76.8 cm³/mol. The molecule has 1 N–H and O–H groups in total. The molecule has 2 aromatic carbocycles. The average molecular weight is 302 g/mol. The van der Waals surface area contributed by atoms with Gasteiger partial charge in [0.05, 0.1) is 0 Å². The van der Waals surface area contributed by atoms with Crippen molar-refractivity contribution < 1.29 is 4.74 Å². The second kappa shape index (κ2) is 4.86. The van der Waals surface area contributed by atoms with Gasteiger partial charge in [-0.25, -0.2) is 0 Å². The SMILES string of the molecule is Brc1cccc2[nH]cc(COc3ccccc3)c12. The molecule has 0 saturated heterocycles. The van der Waals surface area contributed by atoms with E-state index in [1.54, 1.807) is 0 Å². The second-order valence-electron chi connectivity index (χ2n) is 4.08. The first-order valence-electron chi connectivity index (χ1n) is 5.77. The molecule has 0 amide bonds. The highest BCUT2D eigenvalue weighted by molar-refractivity contribution is 9.10. The Bertz CT molecular complexity index is 661. The zero-order chi connectivity index (χ0) is 12.4. The Kier molecular flexibility index (Phi) is 3.07. The zero-order valence-corrected chi connectivity index (χ0v) is 11.3. The molecule has 3 heteroatoms. The summed E-state index contributed by atoms with van der Waals surface area (Å²) in [5, 5.41) is 1.19. The molecule has 0 aliphatic heterocycles. The van der Waals surface area contributed by atoms with Gasteiger partial charge in [0, 0.05) is 27.1 Å². The lowest BCUT2D eigenvalue weighted by Crippen LogP contribution is -1.94. The van der Waals surface area contributed by atoms with Crippen molar-refractivity contribution in [1.29, 1.82) is 0 Å². The minimum Gasteiger partial charge on any atom is -0.489 e. The van der Waals surface area contributed by atoms with E-state index >= 15 is 0 Å². The van der Waals surface area contributed by atoms with Gasteiger partial charge in [-0.2, -0.15) is 0 Å². The van der Waals surface area contributed by atoms with Crippen LogP contribution in [0.4, 0.5) is 0 Å². The van der Waals surface area contributed by atoms with Crippen molar-refractivity contribution in [3.05, 3.63) is 64.8 Å². The molecule has 1 aromatic heterocycles. The van der Waals surface area contributed by atoms with Gasteiger partial charge >= 0.3 is 0 Å². The van der Waals surface area contributed by atoms with Crippen LogP contribution in [0, 0.1) is 0 Å². The van der Waals surface area contributed by atoms with Gasteiger partial charge in [0.25, 0.3) is 0 Å². The molecule has 3 aromatic rings.